The van der Waals surface area contributed by atoms with E-state index in [1.165, 1.54) is 5.56 Å². The second kappa shape index (κ2) is 4.00. The van der Waals surface area contributed by atoms with Crippen molar-refractivity contribution < 1.29 is 17.9 Å². The SMILES string of the molecule is CC(C)([CH]=[Mo+2]=[NH])c1ccccc1. The predicted molar refractivity (Wildman–Crippen MR) is 48.3 cm³/mol. The molecule has 1 aromatic rings. The number of hydrogen-bond acceptors (Lipinski definition) is 1. The molecule has 2 heteroatoms. The molecule has 0 saturated heterocycles. The molecule has 0 fully saturated rings. The van der Waals surface area contributed by atoms with Gasteiger partial charge in [0.05, 0.1) is 0 Å². The minimum atomic E-state index is -0.639. The molecule has 0 aliphatic carbocycles. The molecule has 1 rings (SSSR count). The number of benzene rings is 1. The van der Waals surface area contributed by atoms with Gasteiger partial charge in [-0.15, -0.1) is 0 Å². The zero-order chi connectivity index (χ0) is 9.03. The van der Waals surface area contributed by atoms with Crippen molar-refractivity contribution in [1.29, 1.82) is 3.91 Å². The van der Waals surface area contributed by atoms with Crippen LogP contribution in [0.15, 0.2) is 30.3 Å². The van der Waals surface area contributed by atoms with Crippen LogP contribution >= 0.6 is 0 Å². The maximum atomic E-state index is 7.28. The van der Waals surface area contributed by atoms with E-state index in [0.717, 1.165) is 0 Å². The van der Waals surface area contributed by atoms with Gasteiger partial charge in [-0.25, -0.2) is 0 Å². The molecule has 0 aliphatic heterocycles. The van der Waals surface area contributed by atoms with Crippen LogP contribution in [-0.4, -0.2) is 4.40 Å². The van der Waals surface area contributed by atoms with Gasteiger partial charge in [0.25, 0.3) is 0 Å². The topological polar surface area (TPSA) is 23.9 Å². The molecule has 12 heavy (non-hydrogen) atoms. The summed E-state index contributed by atoms with van der Waals surface area (Å²) < 4.78 is 9.43. The first kappa shape index (κ1) is 9.66. The molecule has 62 valence electrons. The van der Waals surface area contributed by atoms with E-state index in [-0.39, 0.29) is 5.41 Å². The van der Waals surface area contributed by atoms with Gasteiger partial charge >= 0.3 is 81.4 Å². The van der Waals surface area contributed by atoms with Crippen molar-refractivity contribution >= 4 is 4.40 Å². The van der Waals surface area contributed by atoms with Gasteiger partial charge in [-0.1, -0.05) is 0 Å². The van der Waals surface area contributed by atoms with Gasteiger partial charge in [0, 0.05) is 0 Å². The van der Waals surface area contributed by atoms with Gasteiger partial charge in [0.15, 0.2) is 0 Å². The molecule has 0 heterocycles. The first-order valence-electron chi connectivity index (χ1n) is 3.89. The van der Waals surface area contributed by atoms with Crippen molar-refractivity contribution in [1.82, 2.24) is 0 Å². The molecule has 0 amide bonds. The van der Waals surface area contributed by atoms with Crippen LogP contribution in [0.4, 0.5) is 0 Å². The molecule has 0 bridgehead atoms. The maximum absolute atomic E-state index is 7.28. The van der Waals surface area contributed by atoms with Gasteiger partial charge in [0.1, 0.15) is 0 Å². The summed E-state index contributed by atoms with van der Waals surface area (Å²) in [7, 11) is 0. The summed E-state index contributed by atoms with van der Waals surface area (Å²) in [6.07, 6.45) is 0. The summed E-state index contributed by atoms with van der Waals surface area (Å²) in [6, 6.07) is 10.4. The average molecular weight is 243 g/mol. The van der Waals surface area contributed by atoms with E-state index >= 15 is 0 Å². The van der Waals surface area contributed by atoms with E-state index in [1.807, 2.05) is 6.07 Å². The van der Waals surface area contributed by atoms with Gasteiger partial charge in [-0.3, -0.25) is 0 Å². The molecule has 1 N–H and O–H groups in total. The second-order valence-electron chi connectivity index (χ2n) is 3.32. The molecule has 1 nitrogen and oxygen atoms in total. The second-order valence-corrected chi connectivity index (χ2v) is 4.48. The van der Waals surface area contributed by atoms with E-state index < -0.39 is 17.9 Å². The quantitative estimate of drug-likeness (QED) is 0.772. The monoisotopic (exact) mass is 245 g/mol. The van der Waals surface area contributed by atoms with Gasteiger partial charge in [-0.2, -0.15) is 0 Å². The third-order valence-electron chi connectivity index (χ3n) is 1.87. The van der Waals surface area contributed by atoms with Crippen molar-refractivity contribution in [2.45, 2.75) is 19.3 Å². The van der Waals surface area contributed by atoms with Crippen LogP contribution in [0.3, 0.4) is 0 Å². The Hall–Kier alpha value is -0.422. The molecular weight excluding hydrogens is 230 g/mol. The number of rotatable bonds is 2. The predicted octanol–water partition coefficient (Wildman–Crippen LogP) is 2.61. The fraction of sp³-hybridized carbons (Fsp3) is 0.300. The van der Waals surface area contributed by atoms with E-state index in [0.29, 0.717) is 0 Å². The zero-order valence-corrected chi connectivity index (χ0v) is 9.38. The Labute approximate surface area is 81.5 Å². The third kappa shape index (κ3) is 2.28. The standard InChI is InChI=1S/C10H12.Mo.HN/c1-10(2,3)9-7-5-4-6-8-9;;/h1,4-8H,2-3H3;;1H/q;+2;. The van der Waals surface area contributed by atoms with Gasteiger partial charge in [0.2, 0.25) is 0 Å². The molecule has 0 unspecified atom stereocenters. The molecule has 0 saturated carbocycles. The molecular formula is C10H13MoN+2. The average Bonchev–Trinajstić information content (AvgIpc) is 2.06. The third-order valence-corrected chi connectivity index (χ3v) is 3.61. The van der Waals surface area contributed by atoms with Crippen LogP contribution in [0.5, 0.6) is 0 Å². The minimum absolute atomic E-state index is 0.0885. The van der Waals surface area contributed by atoms with Crippen molar-refractivity contribution in [3.05, 3.63) is 35.9 Å². The van der Waals surface area contributed by atoms with E-state index in [4.69, 9.17) is 3.91 Å². The first-order chi connectivity index (χ1) is 5.67. The Bertz CT molecular complexity index is 297. The van der Waals surface area contributed by atoms with Crippen LogP contribution < -0.4 is 0 Å². The fourth-order valence-corrected chi connectivity index (χ4v) is 2.14. The fourth-order valence-electron chi connectivity index (χ4n) is 1.08. The molecule has 0 aliphatic rings. The Morgan fingerprint density at radius 1 is 1.25 bits per heavy atom. The van der Waals surface area contributed by atoms with E-state index in [1.54, 1.807) is 0 Å². The van der Waals surface area contributed by atoms with Crippen LogP contribution in [0.1, 0.15) is 19.4 Å². The molecule has 1 aromatic carbocycles. The van der Waals surface area contributed by atoms with Gasteiger partial charge < -0.3 is 0 Å². The Kier molecular flexibility index (Phi) is 3.22. The molecule has 0 atom stereocenters. The van der Waals surface area contributed by atoms with Gasteiger partial charge in [-0.05, 0) is 0 Å². The van der Waals surface area contributed by atoms with Crippen LogP contribution in [0, 0.1) is 3.91 Å². The first-order valence-corrected chi connectivity index (χ1v) is 6.05. The van der Waals surface area contributed by atoms with Crippen molar-refractivity contribution in [3.63, 3.8) is 0 Å². The Morgan fingerprint density at radius 3 is 2.33 bits per heavy atom. The number of nitrogens with one attached hydrogen (secondary N) is 1. The normalized spacial score (nSPS) is 10.5. The van der Waals surface area contributed by atoms with Crippen molar-refractivity contribution in [3.8, 4) is 0 Å². The Balaban J connectivity index is 3.05. The molecule has 0 aromatic heterocycles. The van der Waals surface area contributed by atoms with Crippen molar-refractivity contribution in [2.75, 3.05) is 0 Å². The summed E-state index contributed by atoms with van der Waals surface area (Å²) in [5.41, 5.74) is 1.40. The van der Waals surface area contributed by atoms with Crippen molar-refractivity contribution in [2.24, 2.45) is 0 Å². The van der Waals surface area contributed by atoms with Crippen LogP contribution in [0.25, 0.3) is 0 Å². The molecule has 0 spiro atoms. The summed E-state index contributed by atoms with van der Waals surface area (Å²) in [4.78, 5) is 0. The summed E-state index contributed by atoms with van der Waals surface area (Å²) in [6.45, 7) is 4.34. The summed E-state index contributed by atoms with van der Waals surface area (Å²) in [5, 5.41) is 0. The Morgan fingerprint density at radius 2 is 1.83 bits per heavy atom. The zero-order valence-electron chi connectivity index (χ0n) is 7.37. The van der Waals surface area contributed by atoms with Crippen LogP contribution in [-0.2, 0) is 23.3 Å². The van der Waals surface area contributed by atoms with Crippen LogP contribution in [0.2, 0.25) is 0 Å². The number of hydrogen-bond donors (Lipinski definition) is 1. The molecule has 0 radical (unpaired) electrons. The summed E-state index contributed by atoms with van der Waals surface area (Å²) in [5.74, 6) is 0. The van der Waals surface area contributed by atoms with E-state index in [2.05, 4.69) is 42.5 Å². The summed E-state index contributed by atoms with van der Waals surface area (Å²) >= 11 is -0.639. The van der Waals surface area contributed by atoms with E-state index in [9.17, 15) is 0 Å².